The summed E-state index contributed by atoms with van der Waals surface area (Å²) in [7, 11) is 1.92. The normalized spacial score (nSPS) is 12.4. The maximum Gasteiger partial charge on any atom is 0.142 e. The van der Waals surface area contributed by atoms with Crippen LogP contribution in [0.25, 0.3) is 0 Å². The third kappa shape index (κ3) is 3.75. The summed E-state index contributed by atoms with van der Waals surface area (Å²) in [5, 5.41) is 3.44. The molecule has 2 aromatic rings. The van der Waals surface area contributed by atoms with Crippen LogP contribution in [0.3, 0.4) is 0 Å². The van der Waals surface area contributed by atoms with Gasteiger partial charge in [0.05, 0.1) is 5.02 Å². The Morgan fingerprint density at radius 1 is 1.20 bits per heavy atom. The highest BCUT2D eigenvalue weighted by Gasteiger charge is 2.11. The van der Waals surface area contributed by atoms with E-state index in [0.29, 0.717) is 0 Å². The standard InChI is InChI=1S/C16H17ClFNS/c1-19-16(12-4-6-13(20-2)7-5-12)10-11-3-8-14(17)15(18)9-11/h3-9,16,19H,10H2,1-2H3. The van der Waals surface area contributed by atoms with Gasteiger partial charge in [-0.25, -0.2) is 4.39 Å². The van der Waals surface area contributed by atoms with Crippen molar-refractivity contribution in [3.05, 3.63) is 64.4 Å². The Morgan fingerprint density at radius 3 is 2.45 bits per heavy atom. The fraction of sp³-hybridized carbons (Fsp3) is 0.250. The zero-order valence-corrected chi connectivity index (χ0v) is 13.1. The van der Waals surface area contributed by atoms with Crippen molar-refractivity contribution in [2.75, 3.05) is 13.3 Å². The van der Waals surface area contributed by atoms with Crippen LogP contribution in [0.2, 0.25) is 5.02 Å². The lowest BCUT2D eigenvalue weighted by molar-refractivity contribution is 0.584. The van der Waals surface area contributed by atoms with E-state index < -0.39 is 0 Å². The number of likely N-dealkylation sites (N-methyl/N-ethyl adjacent to an activating group) is 1. The molecule has 0 heterocycles. The van der Waals surface area contributed by atoms with Gasteiger partial charge in [-0.05, 0) is 55.1 Å². The first-order valence-electron chi connectivity index (χ1n) is 6.39. The molecule has 0 aliphatic rings. The van der Waals surface area contributed by atoms with Gasteiger partial charge in [0.1, 0.15) is 5.82 Å². The van der Waals surface area contributed by atoms with Crippen LogP contribution >= 0.6 is 23.4 Å². The van der Waals surface area contributed by atoms with Crippen molar-refractivity contribution in [3.8, 4) is 0 Å². The average Bonchev–Trinajstić information content (AvgIpc) is 2.48. The monoisotopic (exact) mass is 309 g/mol. The Morgan fingerprint density at radius 2 is 1.90 bits per heavy atom. The van der Waals surface area contributed by atoms with Gasteiger partial charge in [-0.1, -0.05) is 29.8 Å². The summed E-state index contributed by atoms with van der Waals surface area (Å²) < 4.78 is 13.5. The molecule has 0 amide bonds. The Bertz CT molecular complexity index is 571. The molecule has 0 radical (unpaired) electrons. The average molecular weight is 310 g/mol. The highest BCUT2D eigenvalue weighted by atomic mass is 35.5. The van der Waals surface area contributed by atoms with Gasteiger partial charge >= 0.3 is 0 Å². The van der Waals surface area contributed by atoms with Gasteiger partial charge in [0.15, 0.2) is 0 Å². The molecular weight excluding hydrogens is 293 g/mol. The second kappa shape index (κ2) is 7.11. The molecule has 0 fully saturated rings. The predicted molar refractivity (Wildman–Crippen MR) is 85.1 cm³/mol. The molecule has 0 bridgehead atoms. The molecule has 2 aromatic carbocycles. The fourth-order valence-corrected chi connectivity index (χ4v) is 2.65. The molecule has 4 heteroatoms. The van der Waals surface area contributed by atoms with E-state index in [2.05, 4.69) is 35.8 Å². The molecule has 1 N–H and O–H groups in total. The largest absolute Gasteiger partial charge is 0.313 e. The topological polar surface area (TPSA) is 12.0 Å². The number of thioether (sulfide) groups is 1. The van der Waals surface area contributed by atoms with E-state index in [1.807, 2.05) is 13.1 Å². The Balaban J connectivity index is 2.16. The zero-order valence-electron chi connectivity index (χ0n) is 11.5. The molecule has 2 rings (SSSR count). The van der Waals surface area contributed by atoms with Crippen molar-refractivity contribution < 1.29 is 4.39 Å². The Hall–Kier alpha value is -1.03. The van der Waals surface area contributed by atoms with Crippen molar-refractivity contribution in [2.45, 2.75) is 17.4 Å². The van der Waals surface area contributed by atoms with Crippen molar-refractivity contribution >= 4 is 23.4 Å². The third-order valence-corrected chi connectivity index (χ3v) is 4.34. The zero-order chi connectivity index (χ0) is 14.5. The molecule has 0 aliphatic carbocycles. The minimum atomic E-state index is -0.364. The molecule has 0 aliphatic heterocycles. The number of hydrogen-bond acceptors (Lipinski definition) is 2. The van der Waals surface area contributed by atoms with Crippen LogP contribution in [-0.4, -0.2) is 13.3 Å². The van der Waals surface area contributed by atoms with Crippen molar-refractivity contribution in [1.29, 1.82) is 0 Å². The minimum absolute atomic E-state index is 0.159. The first kappa shape index (κ1) is 15.4. The minimum Gasteiger partial charge on any atom is -0.313 e. The Labute approximate surface area is 128 Å². The summed E-state index contributed by atoms with van der Waals surface area (Å²) >= 11 is 7.43. The quantitative estimate of drug-likeness (QED) is 0.803. The molecule has 20 heavy (non-hydrogen) atoms. The lowest BCUT2D eigenvalue weighted by Crippen LogP contribution is -2.18. The SMILES string of the molecule is CNC(Cc1ccc(Cl)c(F)c1)c1ccc(SC)cc1. The summed E-state index contributed by atoms with van der Waals surface area (Å²) in [5.74, 6) is -0.364. The summed E-state index contributed by atoms with van der Waals surface area (Å²) in [6.07, 6.45) is 2.78. The molecule has 1 atom stereocenters. The van der Waals surface area contributed by atoms with E-state index in [1.54, 1.807) is 17.8 Å². The highest BCUT2D eigenvalue weighted by Crippen LogP contribution is 2.23. The molecule has 1 unspecified atom stereocenters. The summed E-state index contributed by atoms with van der Waals surface area (Å²) in [5.41, 5.74) is 2.13. The fourth-order valence-electron chi connectivity index (χ4n) is 2.13. The van der Waals surface area contributed by atoms with Gasteiger partial charge in [-0.15, -0.1) is 11.8 Å². The second-order valence-electron chi connectivity index (χ2n) is 4.57. The Kier molecular flexibility index (Phi) is 5.46. The highest BCUT2D eigenvalue weighted by molar-refractivity contribution is 7.98. The maximum atomic E-state index is 13.5. The molecule has 0 saturated carbocycles. The number of benzene rings is 2. The number of hydrogen-bond donors (Lipinski definition) is 1. The van der Waals surface area contributed by atoms with Crippen LogP contribution in [0, 0.1) is 5.82 Å². The second-order valence-corrected chi connectivity index (χ2v) is 5.85. The first-order valence-corrected chi connectivity index (χ1v) is 7.99. The molecule has 0 aromatic heterocycles. The van der Waals surface area contributed by atoms with Crippen molar-refractivity contribution in [1.82, 2.24) is 5.32 Å². The van der Waals surface area contributed by atoms with Crippen molar-refractivity contribution in [3.63, 3.8) is 0 Å². The lowest BCUT2D eigenvalue weighted by Gasteiger charge is -2.17. The smallest absolute Gasteiger partial charge is 0.142 e. The molecule has 106 valence electrons. The van der Waals surface area contributed by atoms with Gasteiger partial charge in [-0.2, -0.15) is 0 Å². The maximum absolute atomic E-state index is 13.5. The number of nitrogens with one attached hydrogen (secondary N) is 1. The van der Waals surface area contributed by atoms with Crippen LogP contribution in [0.5, 0.6) is 0 Å². The summed E-state index contributed by atoms with van der Waals surface area (Å²) in [4.78, 5) is 1.24. The van der Waals surface area contributed by atoms with Crippen molar-refractivity contribution in [2.24, 2.45) is 0 Å². The first-order chi connectivity index (χ1) is 9.63. The van der Waals surface area contributed by atoms with Gasteiger partial charge in [0.25, 0.3) is 0 Å². The van der Waals surface area contributed by atoms with Crippen LogP contribution in [0.1, 0.15) is 17.2 Å². The van der Waals surface area contributed by atoms with E-state index >= 15 is 0 Å². The molecule has 0 spiro atoms. The lowest BCUT2D eigenvalue weighted by atomic mass is 9.99. The molecule has 0 saturated heterocycles. The van der Waals surface area contributed by atoms with Gasteiger partial charge in [-0.3, -0.25) is 0 Å². The van der Waals surface area contributed by atoms with E-state index in [-0.39, 0.29) is 16.9 Å². The third-order valence-electron chi connectivity index (χ3n) is 3.29. The number of rotatable bonds is 5. The summed E-state index contributed by atoms with van der Waals surface area (Å²) in [6.45, 7) is 0. The summed E-state index contributed by atoms with van der Waals surface area (Å²) in [6, 6.07) is 13.6. The molecular formula is C16H17ClFNS. The van der Waals surface area contributed by atoms with Crippen LogP contribution < -0.4 is 5.32 Å². The van der Waals surface area contributed by atoms with Gasteiger partial charge in [0.2, 0.25) is 0 Å². The van der Waals surface area contributed by atoms with Crippen LogP contribution in [-0.2, 0) is 6.42 Å². The van der Waals surface area contributed by atoms with Crippen LogP contribution in [0.15, 0.2) is 47.4 Å². The van der Waals surface area contributed by atoms with E-state index in [4.69, 9.17) is 11.6 Å². The molecule has 1 nitrogen and oxygen atoms in total. The van der Waals surface area contributed by atoms with Gasteiger partial charge < -0.3 is 5.32 Å². The van der Waals surface area contributed by atoms with E-state index in [9.17, 15) is 4.39 Å². The van der Waals surface area contributed by atoms with Gasteiger partial charge in [0, 0.05) is 10.9 Å². The number of halogens is 2. The predicted octanol–water partition coefficient (Wildman–Crippen LogP) is 4.70. The van der Waals surface area contributed by atoms with Crippen LogP contribution in [0.4, 0.5) is 4.39 Å². The van der Waals surface area contributed by atoms with E-state index in [1.165, 1.54) is 16.5 Å². The van der Waals surface area contributed by atoms with E-state index in [0.717, 1.165) is 12.0 Å².